The molecule has 1 N–H and O–H groups in total. The van der Waals surface area contributed by atoms with Crippen LogP contribution in [0.2, 0.25) is 0 Å². The number of fused-ring (bicyclic) bond motifs is 1. The van der Waals surface area contributed by atoms with Gasteiger partial charge in [0, 0.05) is 17.9 Å². The molecule has 26 heavy (non-hydrogen) atoms. The highest BCUT2D eigenvalue weighted by atomic mass is 16.2. The van der Waals surface area contributed by atoms with E-state index in [2.05, 4.69) is 28.2 Å². The van der Waals surface area contributed by atoms with E-state index in [-0.39, 0.29) is 5.91 Å². The van der Waals surface area contributed by atoms with Crippen LogP contribution in [0.25, 0.3) is 0 Å². The second-order valence-corrected chi connectivity index (χ2v) is 6.15. The van der Waals surface area contributed by atoms with Gasteiger partial charge in [0.1, 0.15) is 0 Å². The van der Waals surface area contributed by atoms with Crippen molar-refractivity contribution in [1.82, 2.24) is 10.2 Å². The molecule has 132 valence electrons. The molecule has 5 heteroatoms. The molecule has 1 aromatic carbocycles. The molecule has 1 amide bonds. The lowest BCUT2D eigenvalue weighted by molar-refractivity contribution is 0.0983. The molecule has 0 saturated carbocycles. The van der Waals surface area contributed by atoms with Crippen LogP contribution >= 0.6 is 0 Å². The first-order valence-electron chi connectivity index (χ1n) is 8.59. The van der Waals surface area contributed by atoms with Crippen LogP contribution in [-0.2, 0) is 6.42 Å². The Balaban J connectivity index is 1.76. The number of nitrogens with one attached hydrogen (secondary N) is 1. The van der Waals surface area contributed by atoms with Crippen LogP contribution < -0.4 is 10.2 Å². The van der Waals surface area contributed by atoms with E-state index < -0.39 is 0 Å². The second kappa shape index (κ2) is 7.78. The van der Waals surface area contributed by atoms with Crippen molar-refractivity contribution in [2.45, 2.75) is 20.3 Å². The van der Waals surface area contributed by atoms with Crippen molar-refractivity contribution in [2.24, 2.45) is 0 Å². The summed E-state index contributed by atoms with van der Waals surface area (Å²) in [5.41, 5.74) is 4.22. The largest absolute Gasteiger partial charge is 0.339 e. The summed E-state index contributed by atoms with van der Waals surface area (Å²) in [6.07, 6.45) is 6.65. The Morgan fingerprint density at radius 3 is 2.73 bits per heavy atom. The van der Waals surface area contributed by atoms with Crippen molar-refractivity contribution in [3.8, 4) is 0 Å². The Labute approximate surface area is 153 Å². The number of allylic oxidation sites excluding steroid dienone is 4. The first kappa shape index (κ1) is 17.6. The molecule has 3 rings (SSSR count). The minimum atomic E-state index is -0.126. The van der Waals surface area contributed by atoms with Gasteiger partial charge in [0.25, 0.3) is 5.91 Å². The van der Waals surface area contributed by atoms with Crippen molar-refractivity contribution in [1.29, 1.82) is 0 Å². The van der Waals surface area contributed by atoms with Crippen molar-refractivity contribution in [3.63, 3.8) is 0 Å². The molecule has 2 aromatic rings. The summed E-state index contributed by atoms with van der Waals surface area (Å²) in [6.45, 7) is 8.49. The maximum atomic E-state index is 12.8. The number of hydrogen-bond donors (Lipinski definition) is 1. The zero-order valence-electron chi connectivity index (χ0n) is 15.1. The normalized spacial score (nSPS) is 13.8. The van der Waals surface area contributed by atoms with E-state index in [0.717, 1.165) is 23.4 Å². The summed E-state index contributed by atoms with van der Waals surface area (Å²) >= 11 is 0. The van der Waals surface area contributed by atoms with E-state index in [9.17, 15) is 4.79 Å². The maximum Gasteiger partial charge on any atom is 0.278 e. The summed E-state index contributed by atoms with van der Waals surface area (Å²) in [4.78, 5) is 14.5. The molecular formula is C21H22N4O. The van der Waals surface area contributed by atoms with E-state index in [1.54, 1.807) is 17.0 Å². The van der Waals surface area contributed by atoms with Gasteiger partial charge in [-0.25, -0.2) is 0 Å². The molecule has 1 aliphatic heterocycles. The molecule has 5 nitrogen and oxygen atoms in total. The smallest absolute Gasteiger partial charge is 0.278 e. The highest BCUT2D eigenvalue weighted by molar-refractivity contribution is 6.06. The van der Waals surface area contributed by atoms with E-state index in [1.807, 2.05) is 50.3 Å². The molecule has 0 bridgehead atoms. The fourth-order valence-electron chi connectivity index (χ4n) is 2.82. The number of anilines is 2. The van der Waals surface area contributed by atoms with Crippen molar-refractivity contribution in [3.05, 3.63) is 83.7 Å². The van der Waals surface area contributed by atoms with Crippen molar-refractivity contribution in [2.75, 3.05) is 16.8 Å². The Morgan fingerprint density at radius 1 is 1.23 bits per heavy atom. The number of aromatic nitrogens is 2. The highest BCUT2D eigenvalue weighted by Crippen LogP contribution is 2.28. The lowest BCUT2D eigenvalue weighted by Gasteiger charge is -2.16. The van der Waals surface area contributed by atoms with Gasteiger partial charge in [0.05, 0.1) is 0 Å². The molecule has 0 atom stereocenters. The Morgan fingerprint density at radius 2 is 2.04 bits per heavy atom. The predicted molar refractivity (Wildman–Crippen MR) is 105 cm³/mol. The van der Waals surface area contributed by atoms with E-state index in [1.165, 1.54) is 5.56 Å². The molecule has 1 aromatic heterocycles. The topological polar surface area (TPSA) is 58.1 Å². The van der Waals surface area contributed by atoms with E-state index in [4.69, 9.17) is 0 Å². The van der Waals surface area contributed by atoms with Crippen molar-refractivity contribution < 1.29 is 4.79 Å². The molecule has 0 spiro atoms. The minimum absolute atomic E-state index is 0.126. The molecule has 2 heterocycles. The molecular weight excluding hydrogens is 324 g/mol. The number of nitrogens with zero attached hydrogens (tertiary/aromatic N) is 3. The third-order valence-corrected chi connectivity index (χ3v) is 4.19. The number of hydrogen-bond acceptors (Lipinski definition) is 4. The van der Waals surface area contributed by atoms with E-state index >= 15 is 0 Å². The predicted octanol–water partition coefficient (Wildman–Crippen LogP) is 4.13. The van der Waals surface area contributed by atoms with Gasteiger partial charge in [0.15, 0.2) is 11.5 Å². The molecule has 0 radical (unpaired) electrons. The van der Waals surface area contributed by atoms with Crippen LogP contribution in [-0.4, -0.2) is 22.6 Å². The van der Waals surface area contributed by atoms with Crippen LogP contribution in [0.1, 0.15) is 29.9 Å². The summed E-state index contributed by atoms with van der Waals surface area (Å²) < 4.78 is 0. The summed E-state index contributed by atoms with van der Waals surface area (Å²) in [7, 11) is 0. The molecule has 1 aliphatic rings. The highest BCUT2D eigenvalue weighted by Gasteiger charge is 2.26. The third kappa shape index (κ3) is 3.72. The Kier molecular flexibility index (Phi) is 5.27. The molecule has 0 fully saturated rings. The quantitative estimate of drug-likeness (QED) is 0.827. The van der Waals surface area contributed by atoms with Crippen LogP contribution in [0.4, 0.5) is 11.5 Å². The maximum absolute atomic E-state index is 12.8. The SMILES string of the molecule is C=C(C)/C(=C\C=C/C)Nc1ccc(C(=O)N2CCc3ccccc32)nn1. The lowest BCUT2D eigenvalue weighted by atomic mass is 10.2. The molecule has 0 unspecified atom stereocenters. The van der Waals surface area contributed by atoms with Gasteiger partial charge in [-0.2, -0.15) is 0 Å². The first-order valence-corrected chi connectivity index (χ1v) is 8.59. The van der Waals surface area contributed by atoms with Crippen LogP contribution in [0.15, 0.2) is 72.5 Å². The third-order valence-electron chi connectivity index (χ3n) is 4.19. The summed E-state index contributed by atoms with van der Waals surface area (Å²) in [5.74, 6) is 0.445. The fourth-order valence-corrected chi connectivity index (χ4v) is 2.82. The van der Waals surface area contributed by atoms with Gasteiger partial charge in [-0.15, -0.1) is 10.2 Å². The molecule has 0 aliphatic carbocycles. The average Bonchev–Trinajstić information content (AvgIpc) is 3.09. The summed E-state index contributed by atoms with van der Waals surface area (Å²) in [6, 6.07) is 11.4. The number of rotatable bonds is 5. The first-order chi connectivity index (χ1) is 12.6. The van der Waals surface area contributed by atoms with Crippen molar-refractivity contribution >= 4 is 17.4 Å². The Hall–Kier alpha value is -3.21. The van der Waals surface area contributed by atoms with Gasteiger partial charge in [-0.05, 0) is 55.7 Å². The number of amides is 1. The van der Waals surface area contributed by atoms with Crippen LogP contribution in [0.5, 0.6) is 0 Å². The van der Waals surface area contributed by atoms with Gasteiger partial charge in [0.2, 0.25) is 0 Å². The van der Waals surface area contributed by atoms with Gasteiger partial charge in [-0.1, -0.05) is 36.9 Å². The fraction of sp³-hybridized carbons (Fsp3) is 0.190. The summed E-state index contributed by atoms with van der Waals surface area (Å²) in [5, 5.41) is 11.4. The minimum Gasteiger partial charge on any atom is -0.339 e. The number of carbonyl (C=O) groups is 1. The Bertz CT molecular complexity index is 881. The van der Waals surface area contributed by atoms with Gasteiger partial charge in [-0.3, -0.25) is 4.79 Å². The van der Waals surface area contributed by atoms with Gasteiger partial charge < -0.3 is 10.2 Å². The van der Waals surface area contributed by atoms with Crippen LogP contribution in [0.3, 0.4) is 0 Å². The average molecular weight is 346 g/mol. The zero-order chi connectivity index (χ0) is 18.5. The number of benzene rings is 1. The molecule has 0 saturated heterocycles. The monoisotopic (exact) mass is 346 g/mol. The zero-order valence-corrected chi connectivity index (χ0v) is 15.1. The van der Waals surface area contributed by atoms with Crippen LogP contribution in [0, 0.1) is 0 Å². The lowest BCUT2D eigenvalue weighted by Crippen LogP contribution is -2.29. The standard InChI is InChI=1S/C21H22N4O/c1-4-5-9-17(15(2)3)22-20-12-11-18(23-24-20)21(26)25-14-13-16-8-6-7-10-19(16)25/h4-12H,2,13-14H2,1,3H3,(H,22,24)/b5-4-,17-9+. The number of para-hydroxylation sites is 1. The number of carbonyl (C=O) groups excluding carboxylic acids is 1. The van der Waals surface area contributed by atoms with Gasteiger partial charge >= 0.3 is 0 Å². The van der Waals surface area contributed by atoms with E-state index in [0.29, 0.717) is 18.1 Å². The second-order valence-electron chi connectivity index (χ2n) is 6.15.